The van der Waals surface area contributed by atoms with Crippen LogP contribution in [0.1, 0.15) is 59.8 Å². The first-order valence-electron chi connectivity index (χ1n) is 7.05. The van der Waals surface area contributed by atoms with E-state index in [1.807, 2.05) is 20.8 Å². The molecule has 0 saturated carbocycles. The van der Waals surface area contributed by atoms with Gasteiger partial charge in [-0.3, -0.25) is 9.59 Å². The minimum absolute atomic E-state index is 0.0798. The van der Waals surface area contributed by atoms with Crippen LogP contribution in [0.25, 0.3) is 0 Å². The third-order valence-electron chi connectivity index (χ3n) is 2.89. The van der Waals surface area contributed by atoms with Crippen molar-refractivity contribution in [1.82, 2.24) is 10.6 Å². The molecule has 1 unspecified atom stereocenters. The van der Waals surface area contributed by atoms with E-state index in [1.54, 1.807) is 0 Å². The lowest BCUT2D eigenvalue weighted by Crippen LogP contribution is -2.52. The van der Waals surface area contributed by atoms with Gasteiger partial charge in [-0.15, -0.1) is 0 Å². The minimum Gasteiger partial charge on any atom is -0.480 e. The van der Waals surface area contributed by atoms with Crippen LogP contribution in [-0.4, -0.2) is 34.5 Å². The van der Waals surface area contributed by atoms with Gasteiger partial charge in [0.05, 0.1) is 0 Å². The number of carboxylic acids is 1. The van der Waals surface area contributed by atoms with E-state index in [2.05, 4.69) is 10.6 Å². The van der Waals surface area contributed by atoms with Gasteiger partial charge in [-0.1, -0.05) is 13.3 Å². The largest absolute Gasteiger partial charge is 0.480 e. The third-order valence-corrected chi connectivity index (χ3v) is 2.89. The molecule has 0 aromatic rings. The molecule has 3 N–H and O–H groups in total. The molecule has 2 amide bonds. The van der Waals surface area contributed by atoms with Crippen LogP contribution in [0.5, 0.6) is 0 Å². The number of carbonyl (C=O) groups is 3. The molecule has 116 valence electrons. The van der Waals surface area contributed by atoms with Crippen molar-refractivity contribution >= 4 is 17.8 Å². The fourth-order valence-electron chi connectivity index (χ4n) is 1.90. The maximum Gasteiger partial charge on any atom is 0.329 e. The zero-order chi connectivity index (χ0) is 15.8. The van der Waals surface area contributed by atoms with Crippen molar-refractivity contribution in [1.29, 1.82) is 0 Å². The first kappa shape index (κ1) is 18.4. The molecule has 6 heteroatoms. The summed E-state index contributed by atoms with van der Waals surface area (Å²) in [6, 6.07) is 0.0798. The van der Waals surface area contributed by atoms with Crippen molar-refractivity contribution in [2.45, 2.75) is 71.4 Å². The van der Waals surface area contributed by atoms with Crippen molar-refractivity contribution < 1.29 is 19.5 Å². The Kier molecular flexibility index (Phi) is 7.87. The molecule has 0 heterocycles. The SMILES string of the molecule is CCCC(C)(NC(=O)CCCC(=O)NC(C)C)C(=O)O. The molecule has 0 aliphatic heterocycles. The highest BCUT2D eigenvalue weighted by atomic mass is 16.4. The molecule has 0 aliphatic carbocycles. The zero-order valence-electron chi connectivity index (χ0n) is 12.8. The van der Waals surface area contributed by atoms with Gasteiger partial charge in [0.2, 0.25) is 11.8 Å². The Labute approximate surface area is 120 Å². The fraction of sp³-hybridized carbons (Fsp3) is 0.786. The highest BCUT2D eigenvalue weighted by molar-refractivity contribution is 5.86. The molecule has 0 saturated heterocycles. The van der Waals surface area contributed by atoms with E-state index in [9.17, 15) is 14.4 Å². The number of hydrogen-bond acceptors (Lipinski definition) is 3. The molecular weight excluding hydrogens is 260 g/mol. The molecular formula is C14H26N2O4. The zero-order valence-corrected chi connectivity index (χ0v) is 12.8. The van der Waals surface area contributed by atoms with Crippen molar-refractivity contribution in [2.75, 3.05) is 0 Å². The Morgan fingerprint density at radius 3 is 2.15 bits per heavy atom. The van der Waals surface area contributed by atoms with Crippen LogP contribution in [0.15, 0.2) is 0 Å². The predicted octanol–water partition coefficient (Wildman–Crippen LogP) is 1.44. The smallest absolute Gasteiger partial charge is 0.329 e. The van der Waals surface area contributed by atoms with Crippen LogP contribution >= 0.6 is 0 Å². The molecule has 6 nitrogen and oxygen atoms in total. The first-order chi connectivity index (χ1) is 9.21. The van der Waals surface area contributed by atoms with Crippen LogP contribution in [0.3, 0.4) is 0 Å². The van der Waals surface area contributed by atoms with E-state index in [4.69, 9.17) is 5.11 Å². The monoisotopic (exact) mass is 286 g/mol. The summed E-state index contributed by atoms with van der Waals surface area (Å²) >= 11 is 0. The Hall–Kier alpha value is -1.59. The second-order valence-corrected chi connectivity index (χ2v) is 5.51. The standard InChI is InChI=1S/C14H26N2O4/c1-5-9-14(4,13(19)20)16-12(18)8-6-7-11(17)15-10(2)3/h10H,5-9H2,1-4H3,(H,15,17)(H,16,18)(H,19,20). The lowest BCUT2D eigenvalue weighted by molar-refractivity contribution is -0.147. The molecule has 0 spiro atoms. The summed E-state index contributed by atoms with van der Waals surface area (Å²) in [6.07, 6.45) is 1.87. The van der Waals surface area contributed by atoms with E-state index >= 15 is 0 Å². The summed E-state index contributed by atoms with van der Waals surface area (Å²) in [5, 5.41) is 14.4. The minimum atomic E-state index is -1.23. The molecule has 0 fully saturated rings. The van der Waals surface area contributed by atoms with Crippen LogP contribution in [0, 0.1) is 0 Å². The first-order valence-corrected chi connectivity index (χ1v) is 7.05. The van der Waals surface area contributed by atoms with E-state index in [0.29, 0.717) is 19.3 Å². The highest BCUT2D eigenvalue weighted by Gasteiger charge is 2.33. The number of carboxylic acid groups (broad SMARTS) is 1. The van der Waals surface area contributed by atoms with Crippen molar-refractivity contribution in [2.24, 2.45) is 0 Å². The maximum atomic E-state index is 11.7. The van der Waals surface area contributed by atoms with Gasteiger partial charge in [0.15, 0.2) is 0 Å². The van der Waals surface area contributed by atoms with Crippen molar-refractivity contribution in [3.8, 4) is 0 Å². The average Bonchev–Trinajstić information content (AvgIpc) is 2.27. The Balaban J connectivity index is 4.16. The third kappa shape index (κ3) is 7.11. The number of carbonyl (C=O) groups excluding carboxylic acids is 2. The maximum absolute atomic E-state index is 11.7. The highest BCUT2D eigenvalue weighted by Crippen LogP contribution is 2.13. The Bertz CT molecular complexity index is 355. The molecule has 1 atom stereocenters. The second kappa shape index (κ2) is 8.55. The van der Waals surface area contributed by atoms with Crippen LogP contribution in [0.4, 0.5) is 0 Å². The molecule has 0 aromatic heterocycles. The Morgan fingerprint density at radius 1 is 1.15 bits per heavy atom. The second-order valence-electron chi connectivity index (χ2n) is 5.51. The van der Waals surface area contributed by atoms with E-state index in [-0.39, 0.29) is 30.7 Å². The molecule has 0 bridgehead atoms. The van der Waals surface area contributed by atoms with E-state index < -0.39 is 11.5 Å². The molecule has 20 heavy (non-hydrogen) atoms. The summed E-state index contributed by atoms with van der Waals surface area (Å²) in [5.41, 5.74) is -1.23. The van der Waals surface area contributed by atoms with Gasteiger partial charge in [0.25, 0.3) is 0 Å². The van der Waals surface area contributed by atoms with E-state index in [1.165, 1.54) is 6.92 Å². The lowest BCUT2D eigenvalue weighted by atomic mass is 9.96. The molecule has 0 aliphatic rings. The van der Waals surface area contributed by atoms with Crippen molar-refractivity contribution in [3.05, 3.63) is 0 Å². The van der Waals surface area contributed by atoms with Crippen LogP contribution < -0.4 is 10.6 Å². The van der Waals surface area contributed by atoms with Gasteiger partial charge in [-0.05, 0) is 33.6 Å². The number of nitrogens with one attached hydrogen (secondary N) is 2. The summed E-state index contributed by atoms with van der Waals surface area (Å²) in [4.78, 5) is 34.3. The van der Waals surface area contributed by atoms with Crippen LogP contribution in [0.2, 0.25) is 0 Å². The Morgan fingerprint density at radius 2 is 1.70 bits per heavy atom. The number of aliphatic carboxylic acids is 1. The predicted molar refractivity (Wildman–Crippen MR) is 76.2 cm³/mol. The number of rotatable bonds is 9. The summed E-state index contributed by atoms with van der Waals surface area (Å²) in [6.45, 7) is 7.10. The molecule has 0 radical (unpaired) electrons. The van der Waals surface area contributed by atoms with Gasteiger partial charge < -0.3 is 15.7 Å². The number of hydrogen-bond donors (Lipinski definition) is 3. The van der Waals surface area contributed by atoms with Crippen molar-refractivity contribution in [3.63, 3.8) is 0 Å². The fourth-order valence-corrected chi connectivity index (χ4v) is 1.90. The normalized spacial score (nSPS) is 13.7. The summed E-state index contributed by atoms with van der Waals surface area (Å²) in [5.74, 6) is -1.46. The molecule has 0 aromatic carbocycles. The number of amides is 2. The van der Waals surface area contributed by atoms with Gasteiger partial charge in [-0.25, -0.2) is 4.79 Å². The quantitative estimate of drug-likeness (QED) is 0.597. The summed E-state index contributed by atoms with van der Waals surface area (Å²) < 4.78 is 0. The van der Waals surface area contributed by atoms with Gasteiger partial charge in [-0.2, -0.15) is 0 Å². The van der Waals surface area contributed by atoms with Gasteiger partial charge in [0, 0.05) is 18.9 Å². The lowest BCUT2D eigenvalue weighted by Gasteiger charge is -2.25. The average molecular weight is 286 g/mol. The van der Waals surface area contributed by atoms with Crippen LogP contribution in [-0.2, 0) is 14.4 Å². The topological polar surface area (TPSA) is 95.5 Å². The van der Waals surface area contributed by atoms with Gasteiger partial charge in [0.1, 0.15) is 5.54 Å². The van der Waals surface area contributed by atoms with Gasteiger partial charge >= 0.3 is 5.97 Å². The molecule has 0 rings (SSSR count). The summed E-state index contributed by atoms with van der Waals surface area (Å²) in [7, 11) is 0. The van der Waals surface area contributed by atoms with E-state index in [0.717, 1.165) is 0 Å².